The Morgan fingerprint density at radius 1 is 1.03 bits per heavy atom. The van der Waals surface area contributed by atoms with Gasteiger partial charge in [0.1, 0.15) is 17.9 Å². The van der Waals surface area contributed by atoms with Crippen LogP contribution in [0.1, 0.15) is 25.7 Å². The molecule has 0 radical (unpaired) electrons. The average molecular weight is 567 g/mol. The van der Waals surface area contributed by atoms with E-state index < -0.39 is 5.82 Å². The Balaban J connectivity index is 1.39. The lowest BCUT2D eigenvalue weighted by atomic mass is 9.96. The van der Waals surface area contributed by atoms with Gasteiger partial charge in [-0.1, -0.05) is 53.5 Å². The fourth-order valence-corrected chi connectivity index (χ4v) is 7.12. The summed E-state index contributed by atoms with van der Waals surface area (Å²) in [6, 6.07) is 14.5. The van der Waals surface area contributed by atoms with Crippen molar-refractivity contribution in [3.05, 3.63) is 58.3 Å². The minimum Gasteiger partial charge on any atom is -0.462 e. The van der Waals surface area contributed by atoms with Crippen LogP contribution in [0.5, 0.6) is 6.01 Å². The highest BCUT2D eigenvalue weighted by atomic mass is 35.5. The van der Waals surface area contributed by atoms with Crippen LogP contribution in [0.3, 0.4) is 0 Å². The summed E-state index contributed by atoms with van der Waals surface area (Å²) in [5.74, 6) is 0.186. The molecule has 2 unspecified atom stereocenters. The maximum absolute atomic E-state index is 16.7. The lowest BCUT2D eigenvalue weighted by molar-refractivity contribution is 0.188. The molecule has 0 aliphatic carbocycles. The molecular formula is C30H30Cl2FN5O. The lowest BCUT2D eigenvalue weighted by Crippen LogP contribution is -2.51. The first kappa shape index (κ1) is 25.3. The van der Waals surface area contributed by atoms with Gasteiger partial charge in [-0.2, -0.15) is 9.97 Å². The number of nitrogens with zero attached hydrogens (tertiary/aromatic N) is 4. The van der Waals surface area contributed by atoms with Gasteiger partial charge in [0.2, 0.25) is 0 Å². The highest BCUT2D eigenvalue weighted by Crippen LogP contribution is 2.43. The molecule has 0 saturated carbocycles. The largest absolute Gasteiger partial charge is 0.462 e. The van der Waals surface area contributed by atoms with Gasteiger partial charge in [-0.15, -0.1) is 0 Å². The Kier molecular flexibility index (Phi) is 6.51. The van der Waals surface area contributed by atoms with Gasteiger partial charge in [-0.05, 0) is 62.4 Å². The van der Waals surface area contributed by atoms with Gasteiger partial charge in [-0.25, -0.2) is 4.39 Å². The molecule has 3 aliphatic rings. The zero-order valence-electron chi connectivity index (χ0n) is 21.8. The molecule has 0 amide bonds. The number of anilines is 1. The zero-order valence-corrected chi connectivity index (χ0v) is 23.3. The van der Waals surface area contributed by atoms with Crippen LogP contribution in [0.25, 0.3) is 32.8 Å². The van der Waals surface area contributed by atoms with Crippen molar-refractivity contribution in [1.82, 2.24) is 20.2 Å². The molecule has 3 atom stereocenters. The monoisotopic (exact) mass is 565 g/mol. The van der Waals surface area contributed by atoms with Crippen LogP contribution in [0.2, 0.25) is 10.0 Å². The third kappa shape index (κ3) is 4.49. The van der Waals surface area contributed by atoms with Gasteiger partial charge in [0.05, 0.1) is 5.02 Å². The Morgan fingerprint density at radius 3 is 2.54 bits per heavy atom. The highest BCUT2D eigenvalue weighted by molar-refractivity contribution is 6.38. The van der Waals surface area contributed by atoms with Crippen molar-refractivity contribution < 1.29 is 9.13 Å². The van der Waals surface area contributed by atoms with Crippen LogP contribution in [0.15, 0.2) is 42.5 Å². The maximum Gasteiger partial charge on any atom is 0.319 e. The molecule has 3 saturated heterocycles. The van der Waals surface area contributed by atoms with E-state index in [1.807, 2.05) is 36.4 Å². The summed E-state index contributed by atoms with van der Waals surface area (Å²) in [6.07, 6.45) is 4.46. The van der Waals surface area contributed by atoms with Crippen molar-refractivity contribution >= 4 is 50.7 Å². The SMILES string of the molecule is CN1CCC[C@H]1COc1nc(N2CC3CCC(C2)N3)c2cc(Cl)c(-c3cccc4cccc(Cl)c34)c(F)c2n1. The van der Waals surface area contributed by atoms with E-state index >= 15 is 4.39 Å². The van der Waals surface area contributed by atoms with Crippen molar-refractivity contribution in [2.45, 2.75) is 43.8 Å². The summed E-state index contributed by atoms with van der Waals surface area (Å²) in [5, 5.41) is 6.78. The number of aromatic nitrogens is 2. The van der Waals surface area contributed by atoms with Gasteiger partial charge in [0.25, 0.3) is 0 Å². The van der Waals surface area contributed by atoms with Gasteiger partial charge in [-0.3, -0.25) is 0 Å². The van der Waals surface area contributed by atoms with E-state index in [9.17, 15) is 0 Å². The molecule has 6 nitrogen and oxygen atoms in total. The zero-order chi connectivity index (χ0) is 26.7. The van der Waals surface area contributed by atoms with E-state index in [1.165, 1.54) is 0 Å². The summed E-state index contributed by atoms with van der Waals surface area (Å²) < 4.78 is 22.8. The van der Waals surface area contributed by atoms with Crippen molar-refractivity contribution in [3.63, 3.8) is 0 Å². The summed E-state index contributed by atoms with van der Waals surface area (Å²) in [6.45, 7) is 3.11. The van der Waals surface area contributed by atoms with Gasteiger partial charge in [0.15, 0.2) is 5.82 Å². The number of likely N-dealkylation sites (N-methyl/N-ethyl adjacent to an activating group) is 1. The lowest BCUT2D eigenvalue weighted by Gasteiger charge is -2.34. The molecule has 1 N–H and O–H groups in total. The third-order valence-electron chi connectivity index (χ3n) is 8.56. The van der Waals surface area contributed by atoms with E-state index in [0.717, 1.165) is 56.1 Å². The first-order chi connectivity index (χ1) is 19.0. The molecule has 3 aromatic carbocycles. The first-order valence-electron chi connectivity index (χ1n) is 13.7. The summed E-state index contributed by atoms with van der Waals surface area (Å²) in [7, 11) is 2.10. The Labute approximate surface area is 237 Å². The molecule has 4 heterocycles. The van der Waals surface area contributed by atoms with Gasteiger partial charge >= 0.3 is 6.01 Å². The fourth-order valence-electron chi connectivity index (χ4n) is 6.55. The predicted octanol–water partition coefficient (Wildman–Crippen LogP) is 6.31. The molecule has 2 bridgehead atoms. The molecule has 0 spiro atoms. The molecule has 1 aromatic heterocycles. The van der Waals surface area contributed by atoms with Crippen LogP contribution < -0.4 is 15.0 Å². The molecule has 39 heavy (non-hydrogen) atoms. The number of ether oxygens (including phenoxy) is 1. The maximum atomic E-state index is 16.7. The van der Waals surface area contributed by atoms with Gasteiger partial charge in [0, 0.05) is 52.6 Å². The minimum atomic E-state index is -0.491. The van der Waals surface area contributed by atoms with E-state index in [4.69, 9.17) is 32.9 Å². The number of halogens is 3. The quantitative estimate of drug-likeness (QED) is 0.306. The number of rotatable bonds is 5. The summed E-state index contributed by atoms with van der Waals surface area (Å²) in [4.78, 5) is 14.0. The second-order valence-corrected chi connectivity index (χ2v) is 11.9. The highest BCUT2D eigenvalue weighted by Gasteiger charge is 2.34. The van der Waals surface area contributed by atoms with E-state index in [2.05, 4.69) is 27.1 Å². The smallest absolute Gasteiger partial charge is 0.319 e. The van der Waals surface area contributed by atoms with Crippen molar-refractivity contribution in [2.24, 2.45) is 0 Å². The van der Waals surface area contributed by atoms with Crippen LogP contribution in [-0.2, 0) is 0 Å². The Bertz CT molecular complexity index is 1570. The number of fused-ring (bicyclic) bond motifs is 4. The number of likely N-dealkylation sites (tertiary alicyclic amines) is 1. The second-order valence-electron chi connectivity index (χ2n) is 11.0. The molecule has 4 aromatic rings. The number of benzene rings is 3. The standard InChI is InChI=1S/C30H30Cl2FN5O/c1-37-12-4-7-20(37)16-39-30-35-28-22(29(36-30)38-14-18-10-11-19(15-38)34-18)13-24(32)26(27(28)33)21-8-2-5-17-6-3-9-23(31)25(17)21/h2-3,5-6,8-9,13,18-20,34H,4,7,10-12,14-16H2,1H3/t18?,19?,20-/m0/s1. The Hall–Kier alpha value is -2.71. The fraction of sp³-hybridized carbons (Fsp3) is 0.400. The first-order valence-corrected chi connectivity index (χ1v) is 14.4. The molecule has 202 valence electrons. The Morgan fingerprint density at radius 2 is 1.79 bits per heavy atom. The van der Waals surface area contributed by atoms with Crippen LogP contribution >= 0.6 is 23.2 Å². The topological polar surface area (TPSA) is 53.5 Å². The predicted molar refractivity (Wildman–Crippen MR) is 156 cm³/mol. The molecule has 3 aliphatic heterocycles. The number of hydrogen-bond donors (Lipinski definition) is 1. The van der Waals surface area contributed by atoms with E-state index in [-0.39, 0.29) is 17.1 Å². The van der Waals surface area contributed by atoms with Crippen molar-refractivity contribution in [2.75, 3.05) is 38.2 Å². The van der Waals surface area contributed by atoms with Crippen LogP contribution in [0, 0.1) is 5.82 Å². The molecule has 7 rings (SSSR count). The average Bonchev–Trinajstić information content (AvgIpc) is 3.50. The van der Waals surface area contributed by atoms with Crippen molar-refractivity contribution in [1.29, 1.82) is 0 Å². The molecule has 9 heteroatoms. The molecular weight excluding hydrogens is 536 g/mol. The van der Waals surface area contributed by atoms with Crippen molar-refractivity contribution in [3.8, 4) is 17.1 Å². The van der Waals surface area contributed by atoms with Gasteiger partial charge < -0.3 is 19.9 Å². The minimum absolute atomic E-state index is 0.201. The normalized spacial score (nSPS) is 23.3. The molecule has 3 fully saturated rings. The van der Waals surface area contributed by atoms with Crippen LogP contribution in [-0.4, -0.2) is 66.3 Å². The third-order valence-corrected chi connectivity index (χ3v) is 9.17. The summed E-state index contributed by atoms with van der Waals surface area (Å²) in [5.41, 5.74) is 1.14. The van der Waals surface area contributed by atoms with E-state index in [0.29, 0.717) is 51.5 Å². The number of piperazine rings is 1. The number of nitrogens with one attached hydrogen (secondary N) is 1. The number of hydrogen-bond acceptors (Lipinski definition) is 6. The second kappa shape index (κ2) is 10.0. The summed E-state index contributed by atoms with van der Waals surface area (Å²) >= 11 is 13.5. The van der Waals surface area contributed by atoms with E-state index in [1.54, 1.807) is 6.07 Å². The van der Waals surface area contributed by atoms with Crippen LogP contribution in [0.4, 0.5) is 10.2 Å².